The molecule has 4 aromatic rings. The first-order valence-electron chi connectivity index (χ1n) is 6.31. The fourth-order valence-electron chi connectivity index (χ4n) is 1.94. The number of carbonyl (C=O) groups is 1. The Morgan fingerprint density at radius 1 is 1.23 bits per heavy atom. The number of hydrogen-bond acceptors (Lipinski definition) is 7. The molecule has 0 bridgehead atoms. The zero-order valence-electron chi connectivity index (χ0n) is 11.0. The molecule has 0 saturated heterocycles. The standard InChI is InChI=1S/C14H8N4O2S2/c19-12(8-3-4-10-9(6-8)15-7-20-10)16-14-18-17-13(22-14)11-2-1-5-21-11/h1-7H,(H,16,18,19). The van der Waals surface area contributed by atoms with Gasteiger partial charge in [0.1, 0.15) is 5.52 Å². The molecule has 6 nitrogen and oxygen atoms in total. The molecular weight excluding hydrogens is 320 g/mol. The van der Waals surface area contributed by atoms with Gasteiger partial charge in [-0.3, -0.25) is 10.1 Å². The predicted molar refractivity (Wildman–Crippen MR) is 85.2 cm³/mol. The number of fused-ring (bicyclic) bond motifs is 1. The fourth-order valence-corrected chi connectivity index (χ4v) is 3.47. The highest BCUT2D eigenvalue weighted by Gasteiger charge is 2.13. The minimum Gasteiger partial charge on any atom is -0.443 e. The van der Waals surface area contributed by atoms with Gasteiger partial charge in [-0.1, -0.05) is 17.4 Å². The number of anilines is 1. The van der Waals surface area contributed by atoms with Gasteiger partial charge in [0.2, 0.25) is 5.13 Å². The molecule has 0 saturated carbocycles. The first-order valence-corrected chi connectivity index (χ1v) is 8.01. The second-order valence-corrected chi connectivity index (χ2v) is 6.30. The first-order chi connectivity index (χ1) is 10.8. The number of benzene rings is 1. The van der Waals surface area contributed by atoms with E-state index in [1.54, 1.807) is 29.5 Å². The van der Waals surface area contributed by atoms with Crippen molar-refractivity contribution in [2.24, 2.45) is 0 Å². The first kappa shape index (κ1) is 13.1. The van der Waals surface area contributed by atoms with Crippen LogP contribution in [-0.4, -0.2) is 21.1 Å². The van der Waals surface area contributed by atoms with Crippen molar-refractivity contribution >= 4 is 44.8 Å². The van der Waals surface area contributed by atoms with Gasteiger partial charge in [0.15, 0.2) is 17.0 Å². The maximum absolute atomic E-state index is 12.2. The second-order valence-electron chi connectivity index (χ2n) is 4.38. The normalized spacial score (nSPS) is 10.9. The summed E-state index contributed by atoms with van der Waals surface area (Å²) in [5.41, 5.74) is 1.78. The number of carbonyl (C=O) groups excluding carboxylic acids is 1. The van der Waals surface area contributed by atoms with Crippen molar-refractivity contribution < 1.29 is 9.21 Å². The van der Waals surface area contributed by atoms with E-state index in [1.807, 2.05) is 17.5 Å². The van der Waals surface area contributed by atoms with E-state index in [4.69, 9.17) is 4.42 Å². The lowest BCUT2D eigenvalue weighted by molar-refractivity contribution is 0.102. The summed E-state index contributed by atoms with van der Waals surface area (Å²) < 4.78 is 5.15. The molecule has 3 aromatic heterocycles. The van der Waals surface area contributed by atoms with Crippen LogP contribution in [0.3, 0.4) is 0 Å². The summed E-state index contributed by atoms with van der Waals surface area (Å²) in [4.78, 5) is 17.3. The fraction of sp³-hybridized carbons (Fsp3) is 0. The zero-order chi connectivity index (χ0) is 14.9. The van der Waals surface area contributed by atoms with Crippen LogP contribution < -0.4 is 5.32 Å². The van der Waals surface area contributed by atoms with Gasteiger partial charge in [0.25, 0.3) is 5.91 Å². The van der Waals surface area contributed by atoms with Gasteiger partial charge in [0.05, 0.1) is 4.88 Å². The molecule has 0 atom stereocenters. The molecule has 3 heterocycles. The van der Waals surface area contributed by atoms with E-state index >= 15 is 0 Å². The van der Waals surface area contributed by atoms with E-state index in [9.17, 15) is 4.79 Å². The SMILES string of the molecule is O=C(Nc1nnc(-c2cccs2)s1)c1ccc2ocnc2c1. The molecule has 0 aliphatic rings. The van der Waals surface area contributed by atoms with Gasteiger partial charge in [-0.2, -0.15) is 0 Å². The molecule has 22 heavy (non-hydrogen) atoms. The minimum absolute atomic E-state index is 0.251. The van der Waals surface area contributed by atoms with Gasteiger partial charge in [-0.15, -0.1) is 21.5 Å². The largest absolute Gasteiger partial charge is 0.443 e. The second kappa shape index (κ2) is 5.32. The molecule has 1 N–H and O–H groups in total. The summed E-state index contributed by atoms with van der Waals surface area (Å²) in [5, 5.41) is 14.1. The van der Waals surface area contributed by atoms with Crippen molar-refractivity contribution in [3.05, 3.63) is 47.7 Å². The van der Waals surface area contributed by atoms with Crippen LogP contribution in [0.15, 0.2) is 46.5 Å². The Morgan fingerprint density at radius 3 is 3.05 bits per heavy atom. The maximum atomic E-state index is 12.2. The highest BCUT2D eigenvalue weighted by Crippen LogP contribution is 2.29. The number of oxazole rings is 1. The molecule has 0 unspecified atom stereocenters. The van der Waals surface area contributed by atoms with Crippen molar-refractivity contribution in [2.75, 3.05) is 5.32 Å². The quantitative estimate of drug-likeness (QED) is 0.621. The number of nitrogens with one attached hydrogen (secondary N) is 1. The number of hydrogen-bond donors (Lipinski definition) is 1. The van der Waals surface area contributed by atoms with Crippen LogP contribution in [-0.2, 0) is 0 Å². The molecule has 4 rings (SSSR count). The van der Waals surface area contributed by atoms with E-state index < -0.39 is 0 Å². The van der Waals surface area contributed by atoms with Crippen LogP contribution in [0.25, 0.3) is 21.0 Å². The summed E-state index contributed by atoms with van der Waals surface area (Å²) in [7, 11) is 0. The number of thiophene rings is 1. The van der Waals surface area contributed by atoms with Gasteiger partial charge in [-0.25, -0.2) is 4.98 Å². The van der Waals surface area contributed by atoms with Gasteiger partial charge in [-0.05, 0) is 29.6 Å². The van der Waals surface area contributed by atoms with E-state index in [1.165, 1.54) is 17.7 Å². The minimum atomic E-state index is -0.251. The summed E-state index contributed by atoms with van der Waals surface area (Å²) in [6, 6.07) is 9.00. The summed E-state index contributed by atoms with van der Waals surface area (Å²) in [6.45, 7) is 0. The lowest BCUT2D eigenvalue weighted by Crippen LogP contribution is -2.11. The molecule has 1 aromatic carbocycles. The van der Waals surface area contributed by atoms with Crippen LogP contribution in [0.4, 0.5) is 5.13 Å². The third-order valence-electron chi connectivity index (χ3n) is 2.97. The molecule has 0 aliphatic carbocycles. The van der Waals surface area contributed by atoms with Crippen molar-refractivity contribution in [2.45, 2.75) is 0 Å². The van der Waals surface area contributed by atoms with Crippen molar-refractivity contribution in [1.82, 2.24) is 15.2 Å². The molecular formula is C14H8N4O2S2. The number of nitrogens with zero attached hydrogens (tertiary/aromatic N) is 3. The van der Waals surface area contributed by atoms with Crippen molar-refractivity contribution in [1.29, 1.82) is 0 Å². The third kappa shape index (κ3) is 2.38. The highest BCUT2D eigenvalue weighted by molar-refractivity contribution is 7.23. The van der Waals surface area contributed by atoms with Crippen molar-refractivity contribution in [3.63, 3.8) is 0 Å². The topological polar surface area (TPSA) is 80.9 Å². The van der Waals surface area contributed by atoms with Crippen LogP contribution in [0.5, 0.6) is 0 Å². The molecule has 0 radical (unpaired) electrons. The van der Waals surface area contributed by atoms with Crippen LogP contribution in [0.2, 0.25) is 0 Å². The molecule has 1 amide bonds. The summed E-state index contributed by atoms with van der Waals surface area (Å²) >= 11 is 2.92. The maximum Gasteiger partial charge on any atom is 0.257 e. The molecule has 0 fully saturated rings. The predicted octanol–water partition coefficient (Wildman–Crippen LogP) is 3.66. The van der Waals surface area contributed by atoms with Crippen LogP contribution in [0.1, 0.15) is 10.4 Å². The van der Waals surface area contributed by atoms with Crippen molar-refractivity contribution in [3.8, 4) is 9.88 Å². The van der Waals surface area contributed by atoms with E-state index in [0.717, 1.165) is 9.88 Å². The van der Waals surface area contributed by atoms with Crippen LogP contribution >= 0.6 is 22.7 Å². The Bertz CT molecular complexity index is 943. The third-order valence-corrected chi connectivity index (χ3v) is 4.85. The molecule has 108 valence electrons. The molecule has 8 heteroatoms. The average Bonchev–Trinajstić information content (AvgIpc) is 3.27. The summed E-state index contributed by atoms with van der Waals surface area (Å²) in [6.07, 6.45) is 1.35. The highest BCUT2D eigenvalue weighted by atomic mass is 32.1. The molecule has 0 aliphatic heterocycles. The lowest BCUT2D eigenvalue weighted by atomic mass is 10.2. The zero-order valence-corrected chi connectivity index (χ0v) is 12.6. The Balaban J connectivity index is 1.56. The molecule has 0 spiro atoms. The van der Waals surface area contributed by atoms with Crippen LogP contribution in [0, 0.1) is 0 Å². The Hall–Kier alpha value is -2.58. The average molecular weight is 328 g/mol. The van der Waals surface area contributed by atoms with Gasteiger partial charge >= 0.3 is 0 Å². The Kier molecular flexibility index (Phi) is 3.17. The van der Waals surface area contributed by atoms with E-state index in [-0.39, 0.29) is 5.91 Å². The lowest BCUT2D eigenvalue weighted by Gasteiger charge is -2.00. The van der Waals surface area contributed by atoms with Gasteiger partial charge < -0.3 is 4.42 Å². The summed E-state index contributed by atoms with van der Waals surface area (Å²) in [5.74, 6) is -0.251. The smallest absolute Gasteiger partial charge is 0.257 e. The Labute approximate surface area is 132 Å². The monoisotopic (exact) mass is 328 g/mol. The number of rotatable bonds is 3. The number of amides is 1. The number of aromatic nitrogens is 3. The Morgan fingerprint density at radius 2 is 2.18 bits per heavy atom. The van der Waals surface area contributed by atoms with E-state index in [2.05, 4.69) is 20.5 Å². The van der Waals surface area contributed by atoms with E-state index in [0.29, 0.717) is 21.8 Å². The van der Waals surface area contributed by atoms with Gasteiger partial charge in [0, 0.05) is 5.56 Å².